The lowest BCUT2D eigenvalue weighted by Gasteiger charge is -2.51. The van der Waals surface area contributed by atoms with Crippen molar-refractivity contribution in [3.05, 3.63) is 11.8 Å². The highest BCUT2D eigenvalue weighted by molar-refractivity contribution is 5.17. The van der Waals surface area contributed by atoms with E-state index in [9.17, 15) is 0 Å². The van der Waals surface area contributed by atoms with Gasteiger partial charge in [0.2, 0.25) is 0 Å². The Morgan fingerprint density at radius 3 is 2.81 bits per heavy atom. The molecule has 3 atom stereocenters. The van der Waals surface area contributed by atoms with Gasteiger partial charge >= 0.3 is 0 Å². The van der Waals surface area contributed by atoms with Crippen molar-refractivity contribution in [2.75, 3.05) is 27.2 Å². The van der Waals surface area contributed by atoms with Crippen molar-refractivity contribution >= 4 is 0 Å². The van der Waals surface area contributed by atoms with Crippen LogP contribution in [0.1, 0.15) is 58.8 Å². The number of hydrogen-bond donors (Lipinski definition) is 1. The van der Waals surface area contributed by atoms with Gasteiger partial charge in [-0.1, -0.05) is 26.7 Å². The maximum absolute atomic E-state index is 6.07. The molecule has 0 saturated heterocycles. The quantitative estimate of drug-likeness (QED) is 0.810. The van der Waals surface area contributed by atoms with Crippen molar-refractivity contribution in [1.29, 1.82) is 0 Å². The van der Waals surface area contributed by atoms with Crippen LogP contribution in [0.5, 0.6) is 0 Å². The largest absolute Gasteiger partial charge is 0.497 e. The molecule has 1 fully saturated rings. The molecule has 0 aromatic carbocycles. The Labute approximate surface area is 131 Å². The summed E-state index contributed by atoms with van der Waals surface area (Å²) < 4.78 is 6.07. The summed E-state index contributed by atoms with van der Waals surface area (Å²) >= 11 is 0. The molecule has 1 saturated carbocycles. The first-order valence-corrected chi connectivity index (χ1v) is 8.84. The van der Waals surface area contributed by atoms with Gasteiger partial charge in [-0.25, -0.2) is 0 Å². The first-order chi connectivity index (χ1) is 10.1. The maximum Gasteiger partial charge on any atom is 0.111 e. The topological polar surface area (TPSA) is 24.5 Å². The summed E-state index contributed by atoms with van der Waals surface area (Å²) in [5.41, 5.74) is 0.204. The van der Waals surface area contributed by atoms with Crippen LogP contribution < -0.4 is 5.32 Å². The van der Waals surface area contributed by atoms with Gasteiger partial charge in [0.05, 0.1) is 12.6 Å². The third-order valence-corrected chi connectivity index (χ3v) is 5.28. The summed E-state index contributed by atoms with van der Waals surface area (Å²) in [6.07, 6.45) is 11.1. The van der Waals surface area contributed by atoms with E-state index >= 15 is 0 Å². The average molecular weight is 294 g/mol. The molecule has 3 heteroatoms. The summed E-state index contributed by atoms with van der Waals surface area (Å²) in [5, 5.41) is 3.82. The second kappa shape index (κ2) is 7.64. The number of nitrogens with zero attached hydrogens (tertiary/aromatic N) is 1. The minimum atomic E-state index is 0.204. The van der Waals surface area contributed by atoms with E-state index in [1.54, 1.807) is 0 Å². The standard InChI is InChI=1S/C18H34N2O/c1-5-12-19-17(16-10-6-7-13-21-16)18(20(3)4)11-8-9-15(2)14-18/h10,15,17,19H,5-9,11-14H2,1-4H3. The van der Waals surface area contributed by atoms with Gasteiger partial charge in [0, 0.05) is 5.54 Å². The molecular formula is C18H34N2O. The summed E-state index contributed by atoms with van der Waals surface area (Å²) in [6, 6.07) is 0.343. The Morgan fingerprint density at radius 2 is 2.24 bits per heavy atom. The van der Waals surface area contributed by atoms with Crippen LogP contribution in [0.3, 0.4) is 0 Å². The summed E-state index contributed by atoms with van der Waals surface area (Å²) in [7, 11) is 4.50. The Balaban J connectivity index is 2.27. The van der Waals surface area contributed by atoms with Crippen molar-refractivity contribution in [1.82, 2.24) is 10.2 Å². The van der Waals surface area contributed by atoms with Crippen LogP contribution in [-0.4, -0.2) is 43.7 Å². The molecule has 21 heavy (non-hydrogen) atoms. The lowest BCUT2D eigenvalue weighted by molar-refractivity contribution is 0.0225. The molecule has 1 aliphatic heterocycles. The van der Waals surface area contributed by atoms with Gasteiger partial charge in [0.15, 0.2) is 0 Å². The molecule has 0 amide bonds. The molecular weight excluding hydrogens is 260 g/mol. The number of rotatable bonds is 6. The van der Waals surface area contributed by atoms with Crippen molar-refractivity contribution in [3.8, 4) is 0 Å². The van der Waals surface area contributed by atoms with Crippen LogP contribution in [-0.2, 0) is 4.74 Å². The van der Waals surface area contributed by atoms with Crippen molar-refractivity contribution in [3.63, 3.8) is 0 Å². The first kappa shape index (κ1) is 16.8. The van der Waals surface area contributed by atoms with Gasteiger partial charge in [-0.2, -0.15) is 0 Å². The van der Waals surface area contributed by atoms with Crippen LogP contribution in [0.15, 0.2) is 11.8 Å². The SMILES string of the molecule is CCCNC(C1=CCCCO1)C1(N(C)C)CCCC(C)C1. The average Bonchev–Trinajstić information content (AvgIpc) is 2.48. The Morgan fingerprint density at radius 1 is 1.43 bits per heavy atom. The van der Waals surface area contributed by atoms with Crippen LogP contribution in [0.2, 0.25) is 0 Å². The van der Waals surface area contributed by atoms with Crippen LogP contribution in [0.25, 0.3) is 0 Å². The lowest BCUT2D eigenvalue weighted by Crippen LogP contribution is -2.62. The summed E-state index contributed by atoms with van der Waals surface area (Å²) in [4.78, 5) is 2.47. The normalized spacial score (nSPS) is 31.7. The van der Waals surface area contributed by atoms with Gasteiger partial charge in [0.25, 0.3) is 0 Å². The van der Waals surface area contributed by atoms with Gasteiger partial charge in [-0.3, -0.25) is 0 Å². The fourth-order valence-corrected chi connectivity index (χ4v) is 4.11. The monoisotopic (exact) mass is 294 g/mol. The van der Waals surface area contributed by atoms with Crippen molar-refractivity contribution in [2.24, 2.45) is 5.92 Å². The molecule has 3 nitrogen and oxygen atoms in total. The molecule has 1 heterocycles. The number of hydrogen-bond acceptors (Lipinski definition) is 3. The third kappa shape index (κ3) is 3.81. The Hall–Kier alpha value is -0.540. The van der Waals surface area contributed by atoms with Crippen molar-refractivity contribution < 1.29 is 4.74 Å². The van der Waals surface area contributed by atoms with E-state index in [0.717, 1.165) is 25.5 Å². The second-order valence-electron chi connectivity index (χ2n) is 7.18. The Bertz CT molecular complexity index is 353. The number of allylic oxidation sites excluding steroid dienone is 1. The zero-order chi connectivity index (χ0) is 15.3. The zero-order valence-corrected chi connectivity index (χ0v) is 14.5. The fraction of sp³-hybridized carbons (Fsp3) is 0.889. The maximum atomic E-state index is 6.07. The van der Waals surface area contributed by atoms with Gasteiger partial charge in [-0.15, -0.1) is 0 Å². The minimum Gasteiger partial charge on any atom is -0.497 e. The van der Waals surface area contributed by atoms with E-state index in [-0.39, 0.29) is 5.54 Å². The predicted octanol–water partition coefficient (Wildman–Crippen LogP) is 3.56. The minimum absolute atomic E-state index is 0.204. The highest BCUT2D eigenvalue weighted by atomic mass is 16.5. The van der Waals surface area contributed by atoms with E-state index in [0.29, 0.717) is 6.04 Å². The van der Waals surface area contributed by atoms with E-state index in [2.05, 4.69) is 44.2 Å². The number of likely N-dealkylation sites (N-methyl/N-ethyl adjacent to an activating group) is 1. The number of ether oxygens (including phenoxy) is 1. The van der Waals surface area contributed by atoms with Crippen LogP contribution >= 0.6 is 0 Å². The third-order valence-electron chi connectivity index (χ3n) is 5.28. The van der Waals surface area contributed by atoms with E-state index < -0.39 is 0 Å². The molecule has 2 rings (SSSR count). The smallest absolute Gasteiger partial charge is 0.111 e. The van der Waals surface area contributed by atoms with Gasteiger partial charge < -0.3 is 15.0 Å². The predicted molar refractivity (Wildman–Crippen MR) is 89.4 cm³/mol. The molecule has 0 radical (unpaired) electrons. The van der Waals surface area contributed by atoms with Gasteiger partial charge in [-0.05, 0) is 64.7 Å². The second-order valence-corrected chi connectivity index (χ2v) is 7.18. The molecule has 0 spiro atoms. The van der Waals surface area contributed by atoms with Crippen molar-refractivity contribution in [2.45, 2.75) is 70.4 Å². The van der Waals surface area contributed by atoms with E-state index in [4.69, 9.17) is 4.74 Å². The summed E-state index contributed by atoms with van der Waals surface area (Å²) in [5.74, 6) is 2.01. The molecule has 2 aliphatic rings. The van der Waals surface area contributed by atoms with E-state index in [1.807, 2.05) is 0 Å². The molecule has 0 aromatic heterocycles. The highest BCUT2D eigenvalue weighted by Crippen LogP contribution is 2.41. The summed E-state index contributed by atoms with van der Waals surface area (Å²) in [6.45, 7) is 6.60. The molecule has 1 N–H and O–H groups in total. The van der Waals surface area contributed by atoms with Crippen LogP contribution in [0, 0.1) is 5.92 Å². The fourth-order valence-electron chi connectivity index (χ4n) is 4.11. The molecule has 122 valence electrons. The highest BCUT2D eigenvalue weighted by Gasteiger charge is 2.45. The number of nitrogens with one attached hydrogen (secondary N) is 1. The molecule has 3 unspecified atom stereocenters. The first-order valence-electron chi connectivity index (χ1n) is 8.84. The molecule has 0 bridgehead atoms. The van der Waals surface area contributed by atoms with Gasteiger partial charge in [0.1, 0.15) is 5.76 Å². The Kier molecular flexibility index (Phi) is 6.12. The van der Waals surface area contributed by atoms with E-state index in [1.165, 1.54) is 44.3 Å². The zero-order valence-electron chi connectivity index (χ0n) is 14.5. The molecule has 1 aliphatic carbocycles. The lowest BCUT2D eigenvalue weighted by atomic mass is 9.70. The molecule has 0 aromatic rings. The van der Waals surface area contributed by atoms with Crippen LogP contribution in [0.4, 0.5) is 0 Å².